The van der Waals surface area contributed by atoms with Crippen LogP contribution in [0.1, 0.15) is 32.6 Å². The number of hydrogen-bond donors (Lipinski definition) is 0. The second kappa shape index (κ2) is 6.28. The Bertz CT molecular complexity index is 621. The van der Waals surface area contributed by atoms with E-state index in [0.717, 1.165) is 12.8 Å². The molecule has 0 aliphatic heterocycles. The van der Waals surface area contributed by atoms with Gasteiger partial charge in [0, 0.05) is 4.47 Å². The molecular weight excluding hydrogens is 338 g/mol. The molecule has 3 unspecified atom stereocenters. The molecule has 3 nitrogen and oxygen atoms in total. The summed E-state index contributed by atoms with van der Waals surface area (Å²) in [4.78, 5) is 0.307. The summed E-state index contributed by atoms with van der Waals surface area (Å²) >= 11 is 3.31. The van der Waals surface area contributed by atoms with Crippen LogP contribution in [0.5, 0.6) is 0 Å². The van der Waals surface area contributed by atoms with Gasteiger partial charge in [-0.1, -0.05) is 25.5 Å². The molecule has 0 saturated heterocycles. The number of hydrogen-bond acceptors (Lipinski definition) is 3. The summed E-state index contributed by atoms with van der Waals surface area (Å²) in [5.74, 6) is 0.0109. The van der Waals surface area contributed by atoms with E-state index < -0.39 is 21.0 Å². The van der Waals surface area contributed by atoms with Crippen LogP contribution in [0, 0.1) is 23.2 Å². The van der Waals surface area contributed by atoms with Gasteiger partial charge in [0.1, 0.15) is 0 Å². The zero-order valence-corrected chi connectivity index (χ0v) is 13.8. The minimum Gasteiger partial charge on any atom is -0.223 e. The van der Waals surface area contributed by atoms with Crippen molar-refractivity contribution >= 4 is 25.8 Å². The molecule has 0 spiro atoms. The predicted octanol–water partition coefficient (Wildman–Crippen LogP) is 3.94. The molecule has 1 aliphatic carbocycles. The van der Waals surface area contributed by atoms with Crippen LogP contribution < -0.4 is 0 Å². The maximum atomic E-state index is 12.9. The van der Waals surface area contributed by atoms with E-state index >= 15 is 0 Å². The van der Waals surface area contributed by atoms with E-state index in [0.29, 0.717) is 28.1 Å². The fraction of sp³-hybridized carbons (Fsp3) is 0.533. The van der Waals surface area contributed by atoms with Gasteiger partial charge in [0.2, 0.25) is 0 Å². The van der Waals surface area contributed by atoms with Crippen molar-refractivity contribution in [1.29, 1.82) is 5.26 Å². The van der Waals surface area contributed by atoms with Crippen molar-refractivity contribution in [3.63, 3.8) is 0 Å². The highest BCUT2D eigenvalue weighted by Crippen LogP contribution is 2.38. The molecule has 0 N–H and O–H groups in total. The first-order chi connectivity index (χ1) is 9.50. The van der Waals surface area contributed by atoms with Crippen molar-refractivity contribution in [3.05, 3.63) is 28.7 Å². The number of nitrogens with zero attached hydrogens (tertiary/aromatic N) is 1. The smallest absolute Gasteiger partial charge is 0.183 e. The van der Waals surface area contributed by atoms with Crippen molar-refractivity contribution < 1.29 is 8.42 Å². The van der Waals surface area contributed by atoms with Gasteiger partial charge < -0.3 is 0 Å². The molecule has 108 valence electrons. The number of benzene rings is 1. The molecular formula is C15H18BrNO2S. The Balaban J connectivity index is 2.41. The molecule has 0 heterocycles. The largest absolute Gasteiger partial charge is 0.223 e. The quantitative estimate of drug-likeness (QED) is 0.824. The number of nitriles is 1. The molecule has 1 fully saturated rings. The Morgan fingerprint density at radius 1 is 1.35 bits per heavy atom. The third-order valence-electron chi connectivity index (χ3n) is 4.19. The summed E-state index contributed by atoms with van der Waals surface area (Å²) in [6.07, 6.45) is 3.21. The van der Waals surface area contributed by atoms with E-state index in [9.17, 15) is 13.7 Å². The molecule has 20 heavy (non-hydrogen) atoms. The van der Waals surface area contributed by atoms with Crippen molar-refractivity contribution in [2.75, 3.05) is 0 Å². The van der Waals surface area contributed by atoms with E-state index in [1.54, 1.807) is 24.3 Å². The standard InChI is InChI=1S/C15H18BrNO2S/c1-2-11-7-8-12(10-17)15(9-11)20(18,19)14-6-4-3-5-13(14)16/h3-6,11-12,15H,2,7-9H2,1H3. The highest BCUT2D eigenvalue weighted by Gasteiger charge is 2.40. The minimum absolute atomic E-state index is 0.307. The molecule has 5 heteroatoms. The van der Waals surface area contributed by atoms with E-state index in [2.05, 4.69) is 28.9 Å². The van der Waals surface area contributed by atoms with Gasteiger partial charge in [-0.3, -0.25) is 0 Å². The average molecular weight is 356 g/mol. The lowest BCUT2D eigenvalue weighted by atomic mass is 9.81. The van der Waals surface area contributed by atoms with Gasteiger partial charge >= 0.3 is 0 Å². The summed E-state index contributed by atoms with van der Waals surface area (Å²) in [7, 11) is -3.47. The Morgan fingerprint density at radius 2 is 2.05 bits per heavy atom. The van der Waals surface area contributed by atoms with Crippen LogP contribution in [0.2, 0.25) is 0 Å². The van der Waals surface area contributed by atoms with Crippen LogP contribution in [0.25, 0.3) is 0 Å². The van der Waals surface area contributed by atoms with Crippen molar-refractivity contribution in [2.24, 2.45) is 11.8 Å². The van der Waals surface area contributed by atoms with Crippen LogP contribution in [0.3, 0.4) is 0 Å². The average Bonchev–Trinajstić information content (AvgIpc) is 2.46. The summed E-state index contributed by atoms with van der Waals surface area (Å²) in [6, 6.07) is 9.06. The lowest BCUT2D eigenvalue weighted by molar-refractivity contribution is 0.308. The van der Waals surface area contributed by atoms with Crippen LogP contribution in [-0.4, -0.2) is 13.7 Å². The van der Waals surface area contributed by atoms with Crippen LogP contribution >= 0.6 is 15.9 Å². The normalized spacial score (nSPS) is 26.9. The second-order valence-corrected chi connectivity index (χ2v) is 8.33. The van der Waals surface area contributed by atoms with Crippen molar-refractivity contribution in [3.8, 4) is 6.07 Å². The Labute approximate surface area is 129 Å². The number of halogens is 1. The zero-order chi connectivity index (χ0) is 14.8. The zero-order valence-electron chi connectivity index (χ0n) is 11.4. The molecule has 0 aromatic heterocycles. The van der Waals surface area contributed by atoms with Gasteiger partial charge in [0.05, 0.1) is 22.1 Å². The summed E-state index contributed by atoms with van der Waals surface area (Å²) < 4.78 is 26.3. The summed E-state index contributed by atoms with van der Waals surface area (Å²) in [5, 5.41) is 8.69. The van der Waals surface area contributed by atoms with Gasteiger partial charge in [-0.05, 0) is 53.2 Å². The summed E-state index contributed by atoms with van der Waals surface area (Å²) in [5.41, 5.74) is 0. The second-order valence-electron chi connectivity index (χ2n) is 5.34. The molecule has 0 radical (unpaired) electrons. The monoisotopic (exact) mass is 355 g/mol. The molecule has 0 amide bonds. The van der Waals surface area contributed by atoms with Gasteiger partial charge in [-0.2, -0.15) is 5.26 Å². The maximum Gasteiger partial charge on any atom is 0.183 e. The van der Waals surface area contributed by atoms with Crippen LogP contribution in [0.4, 0.5) is 0 Å². The van der Waals surface area contributed by atoms with E-state index in [1.807, 2.05) is 0 Å². The van der Waals surface area contributed by atoms with E-state index in [1.165, 1.54) is 0 Å². The summed E-state index contributed by atoms with van der Waals surface area (Å²) in [6.45, 7) is 2.08. The maximum absolute atomic E-state index is 12.9. The first-order valence-electron chi connectivity index (χ1n) is 6.88. The van der Waals surface area contributed by atoms with Gasteiger partial charge in [-0.15, -0.1) is 0 Å². The Morgan fingerprint density at radius 3 is 2.65 bits per heavy atom. The molecule has 1 aromatic rings. The molecule has 1 aromatic carbocycles. The first-order valence-corrected chi connectivity index (χ1v) is 9.22. The molecule has 3 atom stereocenters. The SMILES string of the molecule is CCC1CCC(C#N)C(S(=O)(=O)c2ccccc2Br)C1. The van der Waals surface area contributed by atoms with Crippen LogP contribution in [-0.2, 0) is 9.84 Å². The molecule has 0 bridgehead atoms. The lowest BCUT2D eigenvalue weighted by Crippen LogP contribution is -2.35. The van der Waals surface area contributed by atoms with Gasteiger partial charge in [-0.25, -0.2) is 8.42 Å². The third kappa shape index (κ3) is 2.91. The van der Waals surface area contributed by atoms with Gasteiger partial charge in [0.15, 0.2) is 9.84 Å². The minimum atomic E-state index is -3.47. The molecule has 1 saturated carbocycles. The fourth-order valence-corrected chi connectivity index (χ4v) is 5.96. The molecule has 1 aliphatic rings. The Hall–Kier alpha value is -0.860. The number of sulfone groups is 1. The van der Waals surface area contributed by atoms with Gasteiger partial charge in [0.25, 0.3) is 0 Å². The lowest BCUT2D eigenvalue weighted by Gasteiger charge is -2.32. The van der Waals surface area contributed by atoms with E-state index in [4.69, 9.17) is 0 Å². The highest BCUT2D eigenvalue weighted by atomic mass is 79.9. The first kappa shape index (κ1) is 15.5. The van der Waals surface area contributed by atoms with Crippen molar-refractivity contribution in [2.45, 2.75) is 42.8 Å². The predicted molar refractivity (Wildman–Crippen MR) is 81.9 cm³/mol. The fourth-order valence-electron chi connectivity index (χ4n) is 2.91. The van der Waals surface area contributed by atoms with E-state index in [-0.39, 0.29) is 0 Å². The topological polar surface area (TPSA) is 57.9 Å². The van der Waals surface area contributed by atoms with Crippen LogP contribution in [0.15, 0.2) is 33.6 Å². The number of rotatable bonds is 3. The highest BCUT2D eigenvalue weighted by molar-refractivity contribution is 9.10. The Kier molecular flexibility index (Phi) is 4.87. The van der Waals surface area contributed by atoms with Crippen molar-refractivity contribution in [1.82, 2.24) is 0 Å². The third-order valence-corrected chi connectivity index (χ3v) is 7.43. The molecule has 2 rings (SSSR count).